The Hall–Kier alpha value is -4.88. The molecule has 3 heterocycles. The smallest absolute Gasteiger partial charge is 0.446 e. The van der Waals surface area contributed by atoms with E-state index < -0.39 is 16.0 Å². The van der Waals surface area contributed by atoms with Gasteiger partial charge in [0.2, 0.25) is 0 Å². The van der Waals surface area contributed by atoms with Gasteiger partial charge >= 0.3 is 16.0 Å². The zero-order chi connectivity index (χ0) is 29.2. The molecular weight excluding hydrogens is 558 g/mol. The number of nitrogens with zero attached hydrogens (tertiary/aromatic N) is 1. The van der Waals surface area contributed by atoms with Crippen LogP contribution in [0.4, 0.5) is 0 Å². The number of phenolic OH excluding ortho intramolecular Hbond substituents is 2. The Bertz CT molecular complexity index is 2060. The van der Waals surface area contributed by atoms with E-state index in [-0.39, 0.29) is 52.1 Å². The van der Waals surface area contributed by atoms with Gasteiger partial charge in [0.25, 0.3) is 0 Å². The molecule has 0 radical (unpaired) electrons. The summed E-state index contributed by atoms with van der Waals surface area (Å²) in [6, 6.07) is 10.7. The van der Waals surface area contributed by atoms with Gasteiger partial charge < -0.3 is 37.6 Å². The number of ether oxygens (including phenoxy) is 3. The lowest BCUT2D eigenvalue weighted by Gasteiger charge is -2.23. The Balaban J connectivity index is 1.78. The first-order chi connectivity index (χ1) is 19.5. The van der Waals surface area contributed by atoms with Crippen LogP contribution in [-0.2, 0) is 23.4 Å². The van der Waals surface area contributed by atoms with Crippen molar-refractivity contribution in [3.63, 3.8) is 0 Å². The molecule has 0 amide bonds. The number of methoxy groups -OCH3 is 3. The molecule has 0 spiro atoms. The number of hydrogen-bond donors (Lipinski definition) is 3. The van der Waals surface area contributed by atoms with Gasteiger partial charge in [-0.1, -0.05) is 6.07 Å². The highest BCUT2D eigenvalue weighted by Gasteiger charge is 2.31. The average molecular weight is 582 g/mol. The van der Waals surface area contributed by atoms with Crippen LogP contribution in [0.3, 0.4) is 0 Å². The number of rotatable bonds is 6. The first-order valence-corrected chi connectivity index (χ1v) is 13.6. The zero-order valence-electron chi connectivity index (χ0n) is 21.9. The van der Waals surface area contributed by atoms with E-state index >= 15 is 0 Å². The molecule has 0 fully saturated rings. The van der Waals surface area contributed by atoms with Crippen molar-refractivity contribution in [1.29, 1.82) is 0 Å². The van der Waals surface area contributed by atoms with Crippen molar-refractivity contribution in [2.24, 2.45) is 0 Å². The predicted octanol–water partition coefficient (Wildman–Crippen LogP) is 4.26. The molecule has 0 bridgehead atoms. The summed E-state index contributed by atoms with van der Waals surface area (Å²) in [5.74, 6) is -0.134. The van der Waals surface area contributed by atoms with Crippen molar-refractivity contribution in [3.8, 4) is 56.9 Å². The molecule has 0 saturated heterocycles. The highest BCUT2D eigenvalue weighted by Crippen LogP contribution is 2.50. The fraction of sp³-hybridized carbons (Fsp3) is 0.179. The highest BCUT2D eigenvalue weighted by atomic mass is 32.3. The molecule has 13 heteroatoms. The molecule has 0 saturated carbocycles. The van der Waals surface area contributed by atoms with E-state index in [1.807, 2.05) is 0 Å². The quantitative estimate of drug-likeness (QED) is 0.194. The van der Waals surface area contributed by atoms with Crippen LogP contribution >= 0.6 is 0 Å². The lowest BCUT2D eigenvalue weighted by atomic mass is 9.91. The van der Waals surface area contributed by atoms with Crippen molar-refractivity contribution in [2.75, 3.05) is 21.3 Å². The average Bonchev–Trinajstić information content (AvgIpc) is 3.28. The van der Waals surface area contributed by atoms with Crippen molar-refractivity contribution in [2.45, 2.75) is 13.0 Å². The van der Waals surface area contributed by atoms with Crippen LogP contribution in [0.15, 0.2) is 51.7 Å². The van der Waals surface area contributed by atoms with Gasteiger partial charge in [0.05, 0.1) is 27.0 Å². The molecule has 0 atom stereocenters. The van der Waals surface area contributed by atoms with Gasteiger partial charge in [0, 0.05) is 34.5 Å². The molecule has 5 aromatic rings. The summed E-state index contributed by atoms with van der Waals surface area (Å²) < 4.78 is 60.3. The molecule has 0 aliphatic carbocycles. The highest BCUT2D eigenvalue weighted by molar-refractivity contribution is 7.81. The third kappa shape index (κ3) is 4.17. The zero-order valence-corrected chi connectivity index (χ0v) is 22.7. The second-order valence-electron chi connectivity index (χ2n) is 9.32. The van der Waals surface area contributed by atoms with E-state index in [0.29, 0.717) is 45.1 Å². The van der Waals surface area contributed by atoms with Gasteiger partial charge in [-0.15, -0.1) is 0 Å². The number of aromatic nitrogens is 1. The van der Waals surface area contributed by atoms with Crippen LogP contribution in [0.1, 0.15) is 5.56 Å². The minimum Gasteiger partial charge on any atom is -0.504 e. The van der Waals surface area contributed by atoms with Crippen LogP contribution in [-0.4, -0.2) is 49.1 Å². The second kappa shape index (κ2) is 9.35. The fourth-order valence-corrected chi connectivity index (χ4v) is 5.82. The maximum atomic E-state index is 13.5. The van der Waals surface area contributed by atoms with Gasteiger partial charge in [-0.05, 0) is 47.9 Å². The Morgan fingerprint density at radius 2 is 1.59 bits per heavy atom. The van der Waals surface area contributed by atoms with E-state index in [0.717, 1.165) is 0 Å². The standard InChI is InChI=1S/C28H23NO11S/c1-36-19-5-4-14(8-17(19)30)24-25-16-10-18(31)21(37-2)12-20(16)39-28(32)27(25)29-7-6-13-9-23(40-41(33,34)35)22(38-3)11-15(13)26(24)29/h4-5,8-12,30-31H,6-7H2,1-3H3,(H,33,34,35). The first-order valence-electron chi connectivity index (χ1n) is 12.2. The van der Waals surface area contributed by atoms with Gasteiger partial charge in [-0.3, -0.25) is 4.55 Å². The third-order valence-corrected chi connectivity index (χ3v) is 7.51. The number of aromatic hydroxyl groups is 2. The Morgan fingerprint density at radius 3 is 2.24 bits per heavy atom. The third-order valence-electron chi connectivity index (χ3n) is 7.12. The molecule has 12 nitrogen and oxygen atoms in total. The van der Waals surface area contributed by atoms with Crippen LogP contribution in [0.5, 0.6) is 34.5 Å². The summed E-state index contributed by atoms with van der Waals surface area (Å²) in [6.45, 7) is 0.289. The van der Waals surface area contributed by atoms with Gasteiger partial charge in [-0.2, -0.15) is 8.42 Å². The molecule has 212 valence electrons. The lowest BCUT2D eigenvalue weighted by Crippen LogP contribution is -2.15. The topological polar surface area (TPSA) is 167 Å². The maximum Gasteiger partial charge on any atom is 0.446 e. The first kappa shape index (κ1) is 26.3. The van der Waals surface area contributed by atoms with E-state index in [9.17, 15) is 28.0 Å². The van der Waals surface area contributed by atoms with Gasteiger partial charge in [0.1, 0.15) is 11.1 Å². The van der Waals surface area contributed by atoms with Crippen molar-refractivity contribution in [1.82, 2.24) is 4.57 Å². The molecule has 1 aliphatic heterocycles. The van der Waals surface area contributed by atoms with Crippen LogP contribution in [0.2, 0.25) is 0 Å². The summed E-state index contributed by atoms with van der Waals surface area (Å²) in [5, 5.41) is 22.2. The number of aryl methyl sites for hydroxylation is 2. The summed E-state index contributed by atoms with van der Waals surface area (Å²) in [5.41, 5.74) is 2.62. The maximum absolute atomic E-state index is 13.5. The van der Waals surface area contributed by atoms with E-state index in [1.54, 1.807) is 22.8 Å². The van der Waals surface area contributed by atoms with Gasteiger partial charge in [-0.25, -0.2) is 4.79 Å². The molecule has 41 heavy (non-hydrogen) atoms. The monoisotopic (exact) mass is 581 g/mol. The normalized spacial score (nSPS) is 12.7. The number of fused-ring (bicyclic) bond motifs is 7. The largest absolute Gasteiger partial charge is 0.504 e. The minimum absolute atomic E-state index is 0.0166. The molecule has 1 aliphatic rings. The van der Waals surface area contributed by atoms with Crippen LogP contribution < -0.4 is 24.0 Å². The molecule has 3 aromatic carbocycles. The Morgan fingerprint density at radius 1 is 0.878 bits per heavy atom. The molecular formula is C28H23NO11S. The van der Waals surface area contributed by atoms with Crippen LogP contribution in [0, 0.1) is 0 Å². The second-order valence-corrected chi connectivity index (χ2v) is 10.3. The number of benzene rings is 3. The fourth-order valence-electron chi connectivity index (χ4n) is 5.46. The Labute approximate surface area is 232 Å². The number of hydrogen-bond acceptors (Lipinski definition) is 10. The summed E-state index contributed by atoms with van der Waals surface area (Å²) in [4.78, 5) is 13.5. The van der Waals surface area contributed by atoms with E-state index in [1.165, 1.54) is 45.6 Å². The molecule has 0 unspecified atom stereocenters. The SMILES string of the molecule is COc1ccc(-c2c3n(c4c(=O)oc5cc(OC)c(O)cc5c24)CCc2cc(OS(=O)(=O)O)c(OC)cc2-3)cc1O. The van der Waals surface area contributed by atoms with E-state index in [2.05, 4.69) is 0 Å². The van der Waals surface area contributed by atoms with Crippen molar-refractivity contribution >= 4 is 32.3 Å². The summed E-state index contributed by atoms with van der Waals surface area (Å²) in [7, 11) is -0.711. The van der Waals surface area contributed by atoms with Crippen molar-refractivity contribution in [3.05, 3.63) is 58.4 Å². The van der Waals surface area contributed by atoms with E-state index in [4.69, 9.17) is 22.8 Å². The molecule has 6 rings (SSSR count). The number of phenols is 2. The van der Waals surface area contributed by atoms with Gasteiger partial charge in [0.15, 0.2) is 34.5 Å². The van der Waals surface area contributed by atoms with Crippen LogP contribution in [0.25, 0.3) is 44.3 Å². The molecule has 3 N–H and O–H groups in total. The minimum atomic E-state index is -4.83. The Kier molecular flexibility index (Phi) is 6.01. The summed E-state index contributed by atoms with van der Waals surface area (Å²) >= 11 is 0. The lowest BCUT2D eigenvalue weighted by molar-refractivity contribution is 0.360. The predicted molar refractivity (Wildman–Crippen MR) is 148 cm³/mol. The molecule has 2 aromatic heterocycles. The van der Waals surface area contributed by atoms with Crippen molar-refractivity contribution < 1.29 is 46.0 Å². The summed E-state index contributed by atoms with van der Waals surface area (Å²) in [6.07, 6.45) is 0.358.